The first-order valence-electron chi connectivity index (χ1n) is 24.7. The summed E-state index contributed by atoms with van der Waals surface area (Å²) in [7, 11) is -3.72. The monoisotopic (exact) mass is 1040 g/mol. The Balaban J connectivity index is 0.677. The van der Waals surface area contributed by atoms with Crippen molar-refractivity contribution in [3.63, 3.8) is 0 Å². The van der Waals surface area contributed by atoms with Gasteiger partial charge in [-0.3, -0.25) is 34.2 Å². The fourth-order valence-corrected chi connectivity index (χ4v) is 9.75. The smallest absolute Gasteiger partial charge is 0.264 e. The Bertz CT molecular complexity index is 2710. The number of sulfonamides is 1. The van der Waals surface area contributed by atoms with Crippen LogP contribution < -0.4 is 30.9 Å². The molecular formula is C51H66N10O12S. The molecule has 3 aliphatic rings. The maximum atomic E-state index is 13.2. The summed E-state index contributed by atoms with van der Waals surface area (Å²) in [6.45, 7) is 13.9. The number of rotatable bonds is 27. The average Bonchev–Trinajstić information content (AvgIpc) is 3.62. The minimum atomic E-state index is -3.72. The molecule has 0 bridgehead atoms. The van der Waals surface area contributed by atoms with E-state index in [-0.39, 0.29) is 34.8 Å². The van der Waals surface area contributed by atoms with Crippen LogP contribution in [0.1, 0.15) is 66.3 Å². The zero-order chi connectivity index (χ0) is 52.7. The van der Waals surface area contributed by atoms with Crippen LogP contribution in [0.5, 0.6) is 0 Å². The number of benzene rings is 3. The lowest BCUT2D eigenvalue weighted by Gasteiger charge is -2.36. The van der Waals surface area contributed by atoms with Gasteiger partial charge in [0.25, 0.3) is 11.8 Å². The fraction of sp³-hybridized carbons (Fsp3) is 0.471. The van der Waals surface area contributed by atoms with Crippen LogP contribution in [0.3, 0.4) is 0 Å². The highest BCUT2D eigenvalue weighted by molar-refractivity contribution is 7.89. The first-order chi connectivity index (χ1) is 35.6. The van der Waals surface area contributed by atoms with E-state index in [0.717, 1.165) is 21.8 Å². The number of carbonyl (C=O) groups is 5. The van der Waals surface area contributed by atoms with Crippen LogP contribution in [0.2, 0.25) is 0 Å². The number of amides is 5. The third-order valence-electron chi connectivity index (χ3n) is 11.9. The number of ether oxygens (including phenoxy) is 5. The van der Waals surface area contributed by atoms with E-state index in [0.29, 0.717) is 128 Å². The molecule has 1 atom stereocenters. The summed E-state index contributed by atoms with van der Waals surface area (Å²) in [5.41, 5.74) is 3.44. The molecule has 23 heteroatoms. The van der Waals surface area contributed by atoms with E-state index in [1.165, 1.54) is 0 Å². The zero-order valence-corrected chi connectivity index (χ0v) is 43.1. The molecule has 4 heterocycles. The number of nitrogens with one attached hydrogen (secondary N) is 5. The predicted octanol–water partition coefficient (Wildman–Crippen LogP) is 3.98. The predicted molar refractivity (Wildman–Crippen MR) is 275 cm³/mol. The van der Waals surface area contributed by atoms with Crippen LogP contribution >= 0.6 is 0 Å². The number of aromatic nitrogens is 2. The van der Waals surface area contributed by atoms with Gasteiger partial charge in [0.15, 0.2) is 0 Å². The van der Waals surface area contributed by atoms with Gasteiger partial charge in [0.2, 0.25) is 33.7 Å². The molecule has 4 aromatic rings. The molecule has 74 heavy (non-hydrogen) atoms. The molecule has 1 aromatic heterocycles. The fourth-order valence-electron chi connectivity index (χ4n) is 8.29. The molecule has 22 nitrogen and oxygen atoms in total. The van der Waals surface area contributed by atoms with Crippen molar-refractivity contribution >= 4 is 74.1 Å². The Morgan fingerprint density at radius 3 is 2.04 bits per heavy atom. The van der Waals surface area contributed by atoms with Gasteiger partial charge in [0.1, 0.15) is 11.9 Å². The van der Waals surface area contributed by atoms with Gasteiger partial charge in [-0.1, -0.05) is 12.1 Å². The van der Waals surface area contributed by atoms with Gasteiger partial charge in [0.05, 0.1) is 88.5 Å². The number of hydrogen-bond donors (Lipinski definition) is 5. The summed E-state index contributed by atoms with van der Waals surface area (Å²) >= 11 is 0. The first kappa shape index (κ1) is 55.2. The standard InChI is InChI=1S/C51H66N10O12S/c1-35-34-53-50(57-46(35)54-37-7-5-8-39(33-37)74(67,68)58-51(2,3)4)55-36-11-13-38(14-12-36)59-19-21-60(22-20-59)44(63)17-23-69-25-27-71-29-31-73-32-30-72-28-26-70-24-18-52-41-10-6-9-40-45(41)49(66)61(48(40)65)42-15-16-43(62)56-47(42)64/h5-14,33-34,42,52,58H,15-32H2,1-4H3,(H,56,62,64)(H2,53,54,55,57). The lowest BCUT2D eigenvalue weighted by Crippen LogP contribution is -2.54. The molecule has 7 rings (SSSR count). The van der Waals surface area contributed by atoms with Gasteiger partial charge in [-0.25, -0.2) is 18.1 Å². The molecule has 3 aromatic carbocycles. The van der Waals surface area contributed by atoms with E-state index in [9.17, 15) is 32.4 Å². The van der Waals surface area contributed by atoms with E-state index in [2.05, 4.69) is 40.9 Å². The largest absolute Gasteiger partial charge is 0.382 e. The van der Waals surface area contributed by atoms with E-state index < -0.39 is 45.2 Å². The van der Waals surface area contributed by atoms with E-state index in [1.807, 2.05) is 36.1 Å². The van der Waals surface area contributed by atoms with E-state index >= 15 is 0 Å². The van der Waals surface area contributed by atoms with Gasteiger partial charge in [-0.15, -0.1) is 0 Å². The number of aryl methyl sites for hydroxylation is 1. The second kappa shape index (κ2) is 26.1. The lowest BCUT2D eigenvalue weighted by molar-refractivity contribution is -0.136. The number of nitrogens with zero attached hydrogens (tertiary/aromatic N) is 5. The van der Waals surface area contributed by atoms with Gasteiger partial charge < -0.3 is 49.4 Å². The summed E-state index contributed by atoms with van der Waals surface area (Å²) in [6, 6.07) is 18.4. The van der Waals surface area contributed by atoms with Crippen LogP contribution in [0.4, 0.5) is 34.5 Å². The van der Waals surface area contributed by atoms with Crippen molar-refractivity contribution in [1.29, 1.82) is 0 Å². The molecule has 3 aliphatic heterocycles. The van der Waals surface area contributed by atoms with Gasteiger partial charge in [-0.05, 0) is 88.7 Å². The van der Waals surface area contributed by atoms with Crippen LogP contribution in [-0.2, 0) is 48.1 Å². The molecule has 0 radical (unpaired) electrons. The van der Waals surface area contributed by atoms with Gasteiger partial charge in [0, 0.05) is 79.2 Å². The second-order valence-corrected chi connectivity index (χ2v) is 20.4. The Morgan fingerprint density at radius 2 is 1.39 bits per heavy atom. The summed E-state index contributed by atoms with van der Waals surface area (Å²) in [5.74, 6) is -1.24. The second-order valence-electron chi connectivity index (χ2n) is 18.7. The highest BCUT2D eigenvalue weighted by atomic mass is 32.2. The number of imide groups is 2. The van der Waals surface area contributed by atoms with Crippen molar-refractivity contribution < 1.29 is 56.1 Å². The number of fused-ring (bicyclic) bond motifs is 1. The van der Waals surface area contributed by atoms with Crippen LogP contribution in [-0.4, -0.2) is 168 Å². The van der Waals surface area contributed by atoms with Gasteiger partial charge in [-0.2, -0.15) is 4.98 Å². The van der Waals surface area contributed by atoms with Crippen LogP contribution in [0.25, 0.3) is 0 Å². The summed E-state index contributed by atoms with van der Waals surface area (Å²) in [6.07, 6.45) is 2.13. The van der Waals surface area contributed by atoms with Crippen LogP contribution in [0, 0.1) is 6.92 Å². The normalized spacial score (nSPS) is 16.1. The molecule has 5 N–H and O–H groups in total. The minimum absolute atomic E-state index is 0.0538. The Hall–Kier alpha value is -6.60. The third-order valence-corrected chi connectivity index (χ3v) is 13.7. The molecule has 1 unspecified atom stereocenters. The van der Waals surface area contributed by atoms with Crippen molar-refractivity contribution in [3.05, 3.63) is 89.6 Å². The summed E-state index contributed by atoms with van der Waals surface area (Å²) in [4.78, 5) is 77.3. The Morgan fingerprint density at radius 1 is 0.757 bits per heavy atom. The molecule has 5 amide bonds. The average molecular weight is 1040 g/mol. The summed E-state index contributed by atoms with van der Waals surface area (Å²) < 4.78 is 56.4. The van der Waals surface area contributed by atoms with Crippen molar-refractivity contribution in [3.8, 4) is 0 Å². The molecule has 0 saturated carbocycles. The molecule has 0 spiro atoms. The highest BCUT2D eigenvalue weighted by Crippen LogP contribution is 2.32. The number of piperazine rings is 1. The molecule has 2 saturated heterocycles. The highest BCUT2D eigenvalue weighted by Gasteiger charge is 2.45. The topological polar surface area (TPSA) is 261 Å². The number of hydrogen-bond acceptors (Lipinski definition) is 18. The van der Waals surface area contributed by atoms with Crippen molar-refractivity contribution in [1.82, 2.24) is 29.8 Å². The molecule has 0 aliphatic carbocycles. The SMILES string of the molecule is Cc1cnc(Nc2ccc(N3CCN(C(=O)CCOCCOCCOCCOCCOCCNc4cccc5c4C(=O)N(C4CCC(=O)NC4=O)C5=O)CC3)cc2)nc1Nc1cccc(S(=O)(=O)NC(C)(C)C)c1. The third kappa shape index (κ3) is 15.5. The van der Waals surface area contributed by atoms with E-state index in [4.69, 9.17) is 23.7 Å². The number of carbonyl (C=O) groups excluding carboxylic acids is 5. The minimum Gasteiger partial charge on any atom is -0.382 e. The lowest BCUT2D eigenvalue weighted by atomic mass is 10.0. The molecule has 2 fully saturated rings. The molecular weight excluding hydrogens is 977 g/mol. The number of piperidine rings is 1. The number of anilines is 6. The van der Waals surface area contributed by atoms with Crippen molar-refractivity contribution in [2.24, 2.45) is 0 Å². The maximum Gasteiger partial charge on any atom is 0.264 e. The molecule has 398 valence electrons. The quantitative estimate of drug-likeness (QED) is 0.0418. The first-order valence-corrected chi connectivity index (χ1v) is 26.2. The van der Waals surface area contributed by atoms with Crippen LogP contribution in [0.15, 0.2) is 77.8 Å². The summed E-state index contributed by atoms with van der Waals surface area (Å²) in [5, 5.41) is 11.8. The zero-order valence-electron chi connectivity index (χ0n) is 42.3. The Kier molecular flexibility index (Phi) is 19.4. The maximum absolute atomic E-state index is 13.2. The Labute approximate surface area is 431 Å². The van der Waals surface area contributed by atoms with Crippen molar-refractivity contribution in [2.75, 3.05) is 120 Å². The van der Waals surface area contributed by atoms with Gasteiger partial charge >= 0.3 is 0 Å². The van der Waals surface area contributed by atoms with Crippen molar-refractivity contribution in [2.45, 2.75) is 63.4 Å². The van der Waals surface area contributed by atoms with E-state index in [1.54, 1.807) is 69.4 Å².